The monoisotopic (exact) mass is 432 g/mol. The number of hydrogen-bond acceptors (Lipinski definition) is 1. The maximum atomic E-state index is 5.91. The molecule has 0 N–H and O–H groups in total. The van der Waals surface area contributed by atoms with E-state index < -0.39 is 0 Å². The van der Waals surface area contributed by atoms with Crippen molar-refractivity contribution in [2.75, 3.05) is 0 Å². The summed E-state index contributed by atoms with van der Waals surface area (Å²) in [5.74, 6) is 1.69. The van der Waals surface area contributed by atoms with Crippen LogP contribution in [0.1, 0.15) is 11.1 Å². The fourth-order valence-corrected chi connectivity index (χ4v) is 3.06. The van der Waals surface area contributed by atoms with Gasteiger partial charge < -0.3 is 4.74 Å². The second kappa shape index (κ2) is 6.22. The molecule has 18 heavy (non-hydrogen) atoms. The summed E-state index contributed by atoms with van der Waals surface area (Å²) >= 11 is 10.4. The fraction of sp³-hybridized carbons (Fsp3) is 0.143. The summed E-state index contributed by atoms with van der Waals surface area (Å²) < 4.78 is 7.86. The Morgan fingerprint density at radius 3 is 2.33 bits per heavy atom. The van der Waals surface area contributed by atoms with Crippen molar-refractivity contribution in [3.63, 3.8) is 0 Å². The van der Waals surface area contributed by atoms with Gasteiger partial charge in [-0.15, -0.1) is 0 Å². The van der Waals surface area contributed by atoms with Crippen molar-refractivity contribution in [3.05, 3.63) is 56.5 Å². The third kappa shape index (κ3) is 3.37. The number of hydrogen-bond donors (Lipinski definition) is 0. The summed E-state index contributed by atoms with van der Waals surface area (Å²) in [5.41, 5.74) is 2.37. The van der Waals surface area contributed by atoms with E-state index in [1.54, 1.807) is 0 Å². The lowest BCUT2D eigenvalue weighted by Gasteiger charge is -2.11. The maximum Gasteiger partial charge on any atom is 0.141 e. The third-order valence-electron chi connectivity index (χ3n) is 2.51. The van der Waals surface area contributed by atoms with Gasteiger partial charge in [-0.1, -0.05) is 44.0 Å². The van der Waals surface area contributed by atoms with Crippen LogP contribution in [0.3, 0.4) is 0 Å². The normalized spacial score (nSPS) is 10.4. The van der Waals surface area contributed by atoms with Gasteiger partial charge in [0, 0.05) is 9.80 Å². The van der Waals surface area contributed by atoms with E-state index in [0.29, 0.717) is 0 Å². The molecule has 2 rings (SSSR count). The van der Waals surface area contributed by atoms with E-state index >= 15 is 0 Å². The van der Waals surface area contributed by atoms with E-state index in [1.165, 1.54) is 5.56 Å². The van der Waals surface area contributed by atoms with Crippen LogP contribution in [0.5, 0.6) is 11.5 Å². The molecule has 0 saturated heterocycles. The topological polar surface area (TPSA) is 9.23 Å². The third-order valence-corrected chi connectivity index (χ3v) is 4.27. The van der Waals surface area contributed by atoms with Crippen molar-refractivity contribution in [2.45, 2.75) is 12.3 Å². The second-order valence-corrected chi connectivity index (χ2v) is 6.24. The Labute approximate surface area is 132 Å². The predicted octanol–water partition coefficient (Wildman–Crippen LogP) is 6.21. The standard InChI is InChI=1S/C14H11Br3O/c1-9-6-10(8-15)2-4-13(9)18-14-5-3-11(16)7-12(14)17/h2-7H,8H2,1H3. The lowest BCUT2D eigenvalue weighted by atomic mass is 10.1. The smallest absolute Gasteiger partial charge is 0.141 e. The van der Waals surface area contributed by atoms with E-state index in [1.807, 2.05) is 31.2 Å². The van der Waals surface area contributed by atoms with E-state index in [4.69, 9.17) is 4.74 Å². The van der Waals surface area contributed by atoms with Gasteiger partial charge in [-0.2, -0.15) is 0 Å². The quantitative estimate of drug-likeness (QED) is 0.522. The molecular weight excluding hydrogens is 424 g/mol. The Bertz CT molecular complexity index is 567. The summed E-state index contributed by atoms with van der Waals surface area (Å²) in [5, 5.41) is 0.857. The molecule has 0 heterocycles. The van der Waals surface area contributed by atoms with Gasteiger partial charge in [-0.3, -0.25) is 0 Å². The fourth-order valence-electron chi connectivity index (χ4n) is 1.59. The molecule has 0 radical (unpaired) electrons. The molecule has 0 amide bonds. The van der Waals surface area contributed by atoms with Crippen LogP contribution in [0.25, 0.3) is 0 Å². The average Bonchev–Trinajstić information content (AvgIpc) is 2.34. The van der Waals surface area contributed by atoms with Gasteiger partial charge >= 0.3 is 0 Å². The molecule has 0 aromatic heterocycles. The summed E-state index contributed by atoms with van der Waals surface area (Å²) in [6, 6.07) is 12.0. The van der Waals surface area contributed by atoms with Gasteiger partial charge in [0.2, 0.25) is 0 Å². The summed E-state index contributed by atoms with van der Waals surface area (Å²) in [6.07, 6.45) is 0. The minimum absolute atomic E-state index is 0.813. The Morgan fingerprint density at radius 1 is 1.00 bits per heavy atom. The number of alkyl halides is 1. The van der Waals surface area contributed by atoms with Gasteiger partial charge in [-0.05, 0) is 58.2 Å². The van der Waals surface area contributed by atoms with Crippen LogP contribution in [0.4, 0.5) is 0 Å². The Hall–Kier alpha value is -0.320. The van der Waals surface area contributed by atoms with Crippen molar-refractivity contribution in [3.8, 4) is 11.5 Å². The predicted molar refractivity (Wildman–Crippen MR) is 85.7 cm³/mol. The molecule has 4 heteroatoms. The lowest BCUT2D eigenvalue weighted by molar-refractivity contribution is 0.475. The lowest BCUT2D eigenvalue weighted by Crippen LogP contribution is -1.90. The zero-order valence-electron chi connectivity index (χ0n) is 9.71. The minimum atomic E-state index is 0.813. The van der Waals surface area contributed by atoms with Crippen molar-refractivity contribution in [1.29, 1.82) is 0 Å². The van der Waals surface area contributed by atoms with E-state index in [9.17, 15) is 0 Å². The highest BCUT2D eigenvalue weighted by Gasteiger charge is 2.06. The molecule has 0 aliphatic carbocycles. The molecule has 0 fully saturated rings. The first-order chi connectivity index (χ1) is 8.60. The zero-order valence-corrected chi connectivity index (χ0v) is 14.5. The SMILES string of the molecule is Cc1cc(CBr)ccc1Oc1ccc(Br)cc1Br. The molecule has 2 aromatic carbocycles. The van der Waals surface area contributed by atoms with Crippen molar-refractivity contribution < 1.29 is 4.74 Å². The Balaban J connectivity index is 2.28. The van der Waals surface area contributed by atoms with Crippen LogP contribution in [0.15, 0.2) is 45.3 Å². The molecule has 1 nitrogen and oxygen atoms in total. The first kappa shape index (κ1) is 14.1. The van der Waals surface area contributed by atoms with Crippen LogP contribution in [0.2, 0.25) is 0 Å². The van der Waals surface area contributed by atoms with Crippen molar-refractivity contribution in [2.24, 2.45) is 0 Å². The highest BCUT2D eigenvalue weighted by atomic mass is 79.9. The molecule has 0 spiro atoms. The second-order valence-electron chi connectivity index (χ2n) is 3.91. The average molecular weight is 435 g/mol. The molecule has 0 aliphatic heterocycles. The molecular formula is C14H11Br3O. The van der Waals surface area contributed by atoms with Crippen LogP contribution in [-0.2, 0) is 5.33 Å². The number of benzene rings is 2. The summed E-state index contributed by atoms with van der Waals surface area (Å²) in [4.78, 5) is 0. The highest BCUT2D eigenvalue weighted by Crippen LogP contribution is 2.33. The first-order valence-electron chi connectivity index (χ1n) is 5.38. The Kier molecular flexibility index (Phi) is 4.87. The maximum absolute atomic E-state index is 5.91. The van der Waals surface area contributed by atoms with Crippen molar-refractivity contribution >= 4 is 47.8 Å². The number of ether oxygens (including phenoxy) is 1. The van der Waals surface area contributed by atoms with Crippen LogP contribution in [-0.4, -0.2) is 0 Å². The van der Waals surface area contributed by atoms with E-state index in [-0.39, 0.29) is 0 Å². The molecule has 0 unspecified atom stereocenters. The molecule has 0 saturated carbocycles. The van der Waals surface area contributed by atoms with Crippen molar-refractivity contribution in [1.82, 2.24) is 0 Å². The molecule has 0 bridgehead atoms. The molecule has 0 aliphatic rings. The van der Waals surface area contributed by atoms with E-state index in [0.717, 1.165) is 31.3 Å². The first-order valence-corrected chi connectivity index (χ1v) is 8.09. The molecule has 0 atom stereocenters. The van der Waals surface area contributed by atoms with Gasteiger partial charge in [0.25, 0.3) is 0 Å². The molecule has 94 valence electrons. The van der Waals surface area contributed by atoms with Crippen LogP contribution < -0.4 is 4.74 Å². The minimum Gasteiger partial charge on any atom is -0.456 e. The zero-order chi connectivity index (χ0) is 13.1. The highest BCUT2D eigenvalue weighted by molar-refractivity contribution is 9.11. The Morgan fingerprint density at radius 2 is 1.72 bits per heavy atom. The van der Waals surface area contributed by atoms with Crippen LogP contribution in [0, 0.1) is 6.92 Å². The van der Waals surface area contributed by atoms with Crippen LogP contribution >= 0.6 is 47.8 Å². The summed E-state index contributed by atoms with van der Waals surface area (Å²) in [7, 11) is 0. The number of aryl methyl sites for hydroxylation is 1. The van der Waals surface area contributed by atoms with Gasteiger partial charge in [-0.25, -0.2) is 0 Å². The molecule has 2 aromatic rings. The number of rotatable bonds is 3. The van der Waals surface area contributed by atoms with E-state index in [2.05, 4.69) is 59.9 Å². The van der Waals surface area contributed by atoms with Gasteiger partial charge in [0.15, 0.2) is 0 Å². The van der Waals surface area contributed by atoms with Gasteiger partial charge in [0.1, 0.15) is 11.5 Å². The van der Waals surface area contributed by atoms with Gasteiger partial charge in [0.05, 0.1) is 4.47 Å². The number of halogens is 3. The largest absolute Gasteiger partial charge is 0.456 e. The summed E-state index contributed by atoms with van der Waals surface area (Å²) in [6.45, 7) is 2.05.